The molecule has 0 saturated carbocycles. The summed E-state index contributed by atoms with van der Waals surface area (Å²) in [4.78, 5) is 10.9. The maximum Gasteiger partial charge on any atom is 0.305 e. The monoisotopic (exact) mass is 306 g/mol. The predicted octanol–water partition coefficient (Wildman–Crippen LogP) is 4.92. The van der Waals surface area contributed by atoms with Crippen LogP contribution in [0.5, 0.6) is 5.75 Å². The summed E-state index contributed by atoms with van der Waals surface area (Å²) in [5.74, 6) is 0.858. The summed E-state index contributed by atoms with van der Waals surface area (Å²) in [5.41, 5.74) is 1.39. The molecule has 0 radical (unpaired) electrons. The van der Waals surface area contributed by atoms with Gasteiger partial charge in [-0.25, -0.2) is 0 Å². The molecule has 3 nitrogen and oxygen atoms in total. The Labute approximate surface area is 135 Å². The molecule has 0 N–H and O–H groups in total. The fourth-order valence-electron chi connectivity index (χ4n) is 2.33. The van der Waals surface area contributed by atoms with Crippen LogP contribution >= 0.6 is 0 Å². The van der Waals surface area contributed by atoms with Crippen LogP contribution in [0.2, 0.25) is 0 Å². The van der Waals surface area contributed by atoms with E-state index in [-0.39, 0.29) is 5.97 Å². The Bertz CT molecular complexity index is 398. The molecular weight excluding hydrogens is 276 g/mol. The van der Waals surface area contributed by atoms with E-state index in [1.165, 1.54) is 25.5 Å². The van der Waals surface area contributed by atoms with E-state index in [9.17, 15) is 4.79 Å². The third-order valence-electron chi connectivity index (χ3n) is 3.76. The highest BCUT2D eigenvalue weighted by atomic mass is 16.5. The Hall–Kier alpha value is -1.51. The molecule has 0 aliphatic carbocycles. The average Bonchev–Trinajstić information content (AvgIpc) is 2.56. The van der Waals surface area contributed by atoms with Gasteiger partial charge >= 0.3 is 5.97 Å². The first-order valence-corrected chi connectivity index (χ1v) is 8.54. The van der Waals surface area contributed by atoms with Gasteiger partial charge in [0.2, 0.25) is 0 Å². The van der Waals surface area contributed by atoms with E-state index in [0.717, 1.165) is 50.9 Å². The number of methoxy groups -OCH3 is 1. The molecule has 0 unspecified atom stereocenters. The number of aryl methyl sites for hydroxylation is 1. The van der Waals surface area contributed by atoms with Gasteiger partial charge in [0.15, 0.2) is 0 Å². The smallest absolute Gasteiger partial charge is 0.305 e. The molecule has 0 aliphatic rings. The van der Waals surface area contributed by atoms with Crippen LogP contribution in [0.1, 0.15) is 63.9 Å². The summed E-state index contributed by atoms with van der Waals surface area (Å²) in [6, 6.07) is 8.47. The van der Waals surface area contributed by atoms with Crippen LogP contribution in [0.3, 0.4) is 0 Å². The van der Waals surface area contributed by atoms with Crippen LogP contribution < -0.4 is 4.74 Å². The van der Waals surface area contributed by atoms with E-state index in [4.69, 9.17) is 4.74 Å². The lowest BCUT2D eigenvalue weighted by Crippen LogP contribution is -2.00. The van der Waals surface area contributed by atoms with E-state index < -0.39 is 0 Å². The first-order valence-electron chi connectivity index (χ1n) is 8.54. The molecule has 1 aromatic rings. The van der Waals surface area contributed by atoms with Gasteiger partial charge in [-0.15, -0.1) is 0 Å². The van der Waals surface area contributed by atoms with Crippen molar-refractivity contribution in [1.82, 2.24) is 0 Å². The fourth-order valence-corrected chi connectivity index (χ4v) is 2.33. The molecule has 0 amide bonds. The maximum absolute atomic E-state index is 10.9. The van der Waals surface area contributed by atoms with Crippen molar-refractivity contribution < 1.29 is 14.3 Å². The number of unbranched alkanes of at least 4 members (excludes halogenated alkanes) is 5. The highest BCUT2D eigenvalue weighted by Crippen LogP contribution is 2.15. The van der Waals surface area contributed by atoms with E-state index >= 15 is 0 Å². The quantitative estimate of drug-likeness (QED) is 0.406. The SMILES string of the molecule is CCCCc1ccc(OCCCCCCCC(=O)OC)cc1. The Kier molecular flexibility index (Phi) is 10.2. The van der Waals surface area contributed by atoms with Crippen molar-refractivity contribution in [3.05, 3.63) is 29.8 Å². The number of hydrogen-bond acceptors (Lipinski definition) is 3. The van der Waals surface area contributed by atoms with Crippen molar-refractivity contribution in [2.45, 2.75) is 64.7 Å². The van der Waals surface area contributed by atoms with E-state index in [1.54, 1.807) is 0 Å². The standard InChI is InChI=1S/C19H30O3/c1-3-4-10-17-12-14-18(15-13-17)22-16-9-7-5-6-8-11-19(20)21-2/h12-15H,3-11,16H2,1-2H3. The van der Waals surface area contributed by atoms with Crippen LogP contribution in [-0.2, 0) is 16.0 Å². The van der Waals surface area contributed by atoms with Crippen LogP contribution in [0, 0.1) is 0 Å². The normalized spacial score (nSPS) is 10.5. The van der Waals surface area contributed by atoms with E-state index in [2.05, 4.69) is 35.9 Å². The topological polar surface area (TPSA) is 35.5 Å². The minimum absolute atomic E-state index is 0.106. The van der Waals surface area contributed by atoms with E-state index in [0.29, 0.717) is 6.42 Å². The number of carbonyl (C=O) groups is 1. The number of ether oxygens (including phenoxy) is 2. The minimum atomic E-state index is -0.106. The van der Waals surface area contributed by atoms with Crippen molar-refractivity contribution in [2.75, 3.05) is 13.7 Å². The van der Waals surface area contributed by atoms with Gasteiger partial charge in [-0.1, -0.05) is 44.7 Å². The van der Waals surface area contributed by atoms with Gasteiger partial charge in [0.25, 0.3) is 0 Å². The van der Waals surface area contributed by atoms with Gasteiger partial charge in [-0.3, -0.25) is 4.79 Å². The molecule has 22 heavy (non-hydrogen) atoms. The molecule has 1 rings (SSSR count). The molecule has 0 bridgehead atoms. The molecular formula is C19H30O3. The highest BCUT2D eigenvalue weighted by Gasteiger charge is 1.99. The summed E-state index contributed by atoms with van der Waals surface area (Å²) < 4.78 is 10.4. The Morgan fingerprint density at radius 3 is 2.32 bits per heavy atom. The molecule has 0 saturated heterocycles. The minimum Gasteiger partial charge on any atom is -0.494 e. The summed E-state index contributed by atoms with van der Waals surface area (Å²) >= 11 is 0. The van der Waals surface area contributed by atoms with Gasteiger partial charge < -0.3 is 9.47 Å². The second kappa shape index (κ2) is 12.1. The lowest BCUT2D eigenvalue weighted by Gasteiger charge is -2.07. The second-order valence-electron chi connectivity index (χ2n) is 5.69. The highest BCUT2D eigenvalue weighted by molar-refractivity contribution is 5.68. The third-order valence-corrected chi connectivity index (χ3v) is 3.76. The first-order chi connectivity index (χ1) is 10.8. The zero-order valence-electron chi connectivity index (χ0n) is 14.1. The molecule has 0 aromatic heterocycles. The third kappa shape index (κ3) is 8.71. The molecule has 0 spiro atoms. The predicted molar refractivity (Wildman–Crippen MR) is 90.3 cm³/mol. The molecule has 0 fully saturated rings. The Morgan fingerprint density at radius 1 is 0.955 bits per heavy atom. The van der Waals surface area contributed by atoms with Crippen molar-refractivity contribution in [3.8, 4) is 5.75 Å². The summed E-state index contributed by atoms with van der Waals surface area (Å²) in [6.07, 6.45) is 9.55. The van der Waals surface area contributed by atoms with E-state index in [1.807, 2.05) is 0 Å². The number of esters is 1. The molecule has 0 atom stereocenters. The van der Waals surface area contributed by atoms with Gasteiger partial charge in [0, 0.05) is 6.42 Å². The largest absolute Gasteiger partial charge is 0.494 e. The fraction of sp³-hybridized carbons (Fsp3) is 0.632. The van der Waals surface area contributed by atoms with Crippen LogP contribution in [-0.4, -0.2) is 19.7 Å². The zero-order valence-corrected chi connectivity index (χ0v) is 14.1. The van der Waals surface area contributed by atoms with Crippen molar-refractivity contribution in [1.29, 1.82) is 0 Å². The summed E-state index contributed by atoms with van der Waals surface area (Å²) in [6.45, 7) is 2.98. The number of carbonyl (C=O) groups excluding carboxylic acids is 1. The van der Waals surface area contributed by atoms with Crippen LogP contribution in [0.15, 0.2) is 24.3 Å². The zero-order chi connectivity index (χ0) is 16.0. The van der Waals surface area contributed by atoms with Gasteiger partial charge in [0.05, 0.1) is 13.7 Å². The molecule has 0 aliphatic heterocycles. The molecule has 1 aromatic carbocycles. The van der Waals surface area contributed by atoms with Gasteiger partial charge in [-0.2, -0.15) is 0 Å². The van der Waals surface area contributed by atoms with Gasteiger partial charge in [-0.05, 0) is 43.4 Å². The second-order valence-corrected chi connectivity index (χ2v) is 5.69. The number of rotatable bonds is 12. The van der Waals surface area contributed by atoms with Crippen LogP contribution in [0.4, 0.5) is 0 Å². The average molecular weight is 306 g/mol. The molecule has 0 heterocycles. The maximum atomic E-state index is 10.9. The number of benzene rings is 1. The van der Waals surface area contributed by atoms with Crippen LogP contribution in [0.25, 0.3) is 0 Å². The summed E-state index contributed by atoms with van der Waals surface area (Å²) in [5, 5.41) is 0. The molecule has 124 valence electrons. The van der Waals surface area contributed by atoms with Gasteiger partial charge in [0.1, 0.15) is 5.75 Å². The lowest BCUT2D eigenvalue weighted by molar-refractivity contribution is -0.140. The van der Waals surface area contributed by atoms with Crippen molar-refractivity contribution in [3.63, 3.8) is 0 Å². The Balaban J connectivity index is 2.01. The lowest BCUT2D eigenvalue weighted by atomic mass is 10.1. The Morgan fingerprint density at radius 2 is 1.64 bits per heavy atom. The first kappa shape index (κ1) is 18.5. The van der Waals surface area contributed by atoms with Crippen molar-refractivity contribution in [2.24, 2.45) is 0 Å². The molecule has 3 heteroatoms. The number of hydrogen-bond donors (Lipinski definition) is 0. The van der Waals surface area contributed by atoms with Crippen molar-refractivity contribution >= 4 is 5.97 Å². The summed E-state index contributed by atoms with van der Waals surface area (Å²) in [7, 11) is 1.44.